The van der Waals surface area contributed by atoms with E-state index in [1.54, 1.807) is 48.5 Å². The van der Waals surface area contributed by atoms with E-state index in [1.807, 2.05) is 0 Å². The monoisotopic (exact) mass is 373 g/mol. The lowest BCUT2D eigenvalue weighted by Gasteiger charge is -2.34. The first-order valence-electron chi connectivity index (χ1n) is 8.34. The molecule has 0 aliphatic rings. The van der Waals surface area contributed by atoms with Gasteiger partial charge in [-0.2, -0.15) is 4.90 Å². The molecule has 0 aliphatic heterocycles. The number of amides is 2. The number of nitrogens with zero attached hydrogens (tertiary/aromatic N) is 1. The molecule has 0 aliphatic carbocycles. The second-order valence-corrected chi connectivity index (χ2v) is 7.45. The van der Waals surface area contributed by atoms with Crippen LogP contribution < -0.4 is 0 Å². The highest BCUT2D eigenvalue weighted by atomic mass is 16.6. The van der Waals surface area contributed by atoms with Crippen molar-refractivity contribution in [1.82, 2.24) is 4.90 Å². The van der Waals surface area contributed by atoms with Crippen molar-refractivity contribution in [2.45, 2.75) is 71.8 Å². The number of hydrogen-bond donors (Lipinski definition) is 0. The van der Waals surface area contributed by atoms with Gasteiger partial charge in [-0.25, -0.2) is 14.4 Å². The van der Waals surface area contributed by atoms with Crippen molar-refractivity contribution >= 4 is 18.2 Å². The molecule has 0 rings (SSSR count). The molecule has 0 fully saturated rings. The average molecular weight is 373 g/mol. The Bertz CT molecular complexity index is 489. The maximum Gasteiger partial charge on any atom is 0.420 e. The molecule has 0 aromatic carbocycles. The predicted octanol–water partition coefficient (Wildman–Crippen LogP) is 3.29. The number of ether oxygens (including phenoxy) is 4. The summed E-state index contributed by atoms with van der Waals surface area (Å²) in [7, 11) is 1.14. The number of methoxy groups -OCH3 is 1. The third kappa shape index (κ3) is 7.86. The van der Waals surface area contributed by atoms with E-state index >= 15 is 0 Å². The molecule has 0 aromatic rings. The largest absolute Gasteiger partial charge is 0.467 e. The van der Waals surface area contributed by atoms with Gasteiger partial charge in [-0.05, 0) is 48.5 Å². The van der Waals surface area contributed by atoms with Gasteiger partial charge in [-0.15, -0.1) is 6.58 Å². The fraction of sp³-hybridized carbons (Fsp3) is 0.722. The van der Waals surface area contributed by atoms with Crippen LogP contribution in [0, 0.1) is 0 Å². The molecule has 0 spiro atoms. The summed E-state index contributed by atoms with van der Waals surface area (Å²) in [6, 6.07) is -1.44. The molecule has 26 heavy (non-hydrogen) atoms. The summed E-state index contributed by atoms with van der Waals surface area (Å²) >= 11 is 0. The highest BCUT2D eigenvalue weighted by Gasteiger charge is 2.44. The van der Waals surface area contributed by atoms with Crippen molar-refractivity contribution in [2.75, 3.05) is 13.7 Å². The number of esters is 1. The van der Waals surface area contributed by atoms with Crippen LogP contribution in [0.1, 0.15) is 48.5 Å². The number of carbonyl (C=O) groups excluding carboxylic acids is 3. The Morgan fingerprint density at radius 1 is 1.00 bits per heavy atom. The minimum Gasteiger partial charge on any atom is -0.467 e. The molecular formula is C18H31NO7. The summed E-state index contributed by atoms with van der Waals surface area (Å²) in [6.45, 7) is 15.4. The van der Waals surface area contributed by atoms with Crippen LogP contribution in [0.4, 0.5) is 9.59 Å². The number of rotatable bonds is 6. The molecule has 0 saturated heterocycles. The summed E-state index contributed by atoms with van der Waals surface area (Å²) in [6.07, 6.45) is -1.78. The van der Waals surface area contributed by atoms with E-state index in [0.717, 1.165) is 7.11 Å². The summed E-state index contributed by atoms with van der Waals surface area (Å²) in [5.74, 6) is -0.861. The summed E-state index contributed by atoms with van der Waals surface area (Å²) in [5, 5.41) is 0. The third-order valence-electron chi connectivity index (χ3n) is 2.80. The SMILES string of the molecule is C=C[C@H](OCC)[C@H](C(=O)OC)N(C(=O)OC(C)(C)C)C(=O)OC(C)(C)C. The van der Waals surface area contributed by atoms with E-state index in [9.17, 15) is 14.4 Å². The minimum atomic E-state index is -1.44. The molecule has 2 amide bonds. The molecule has 0 radical (unpaired) electrons. The lowest BCUT2D eigenvalue weighted by Crippen LogP contribution is -2.57. The normalized spacial score (nSPS) is 14.0. The van der Waals surface area contributed by atoms with Crippen molar-refractivity contribution in [2.24, 2.45) is 0 Å². The van der Waals surface area contributed by atoms with E-state index in [0.29, 0.717) is 4.90 Å². The van der Waals surface area contributed by atoms with Crippen LogP contribution in [0.25, 0.3) is 0 Å². The molecule has 0 aromatic heterocycles. The van der Waals surface area contributed by atoms with E-state index < -0.39 is 41.5 Å². The van der Waals surface area contributed by atoms with Crippen LogP contribution in [-0.4, -0.2) is 60.1 Å². The fourth-order valence-corrected chi connectivity index (χ4v) is 1.91. The number of carbonyl (C=O) groups is 3. The first kappa shape index (κ1) is 23.9. The lowest BCUT2D eigenvalue weighted by molar-refractivity contribution is -0.151. The molecule has 0 saturated carbocycles. The maximum atomic E-state index is 12.7. The summed E-state index contributed by atoms with van der Waals surface area (Å²) in [5.41, 5.74) is -1.79. The van der Waals surface area contributed by atoms with E-state index in [2.05, 4.69) is 6.58 Å². The molecule has 8 heteroatoms. The van der Waals surface area contributed by atoms with Crippen molar-refractivity contribution in [3.8, 4) is 0 Å². The van der Waals surface area contributed by atoms with Gasteiger partial charge in [0.15, 0.2) is 6.04 Å². The van der Waals surface area contributed by atoms with Crippen LogP contribution in [0.15, 0.2) is 12.7 Å². The smallest absolute Gasteiger partial charge is 0.420 e. The van der Waals surface area contributed by atoms with Crippen LogP contribution in [0.2, 0.25) is 0 Å². The minimum absolute atomic E-state index is 0.223. The number of hydrogen-bond acceptors (Lipinski definition) is 7. The van der Waals surface area contributed by atoms with Crippen molar-refractivity contribution < 1.29 is 33.3 Å². The van der Waals surface area contributed by atoms with E-state index in [1.165, 1.54) is 6.08 Å². The van der Waals surface area contributed by atoms with Crippen LogP contribution >= 0.6 is 0 Å². The Morgan fingerprint density at radius 2 is 1.42 bits per heavy atom. The number of imide groups is 1. The zero-order valence-electron chi connectivity index (χ0n) is 17.0. The van der Waals surface area contributed by atoms with Crippen molar-refractivity contribution in [1.29, 1.82) is 0 Å². The lowest BCUT2D eigenvalue weighted by atomic mass is 10.1. The van der Waals surface area contributed by atoms with Gasteiger partial charge in [0.05, 0.1) is 7.11 Å². The second-order valence-electron chi connectivity index (χ2n) is 7.45. The Labute approximate surface area is 155 Å². The molecule has 8 nitrogen and oxygen atoms in total. The molecular weight excluding hydrogens is 342 g/mol. The van der Waals surface area contributed by atoms with Crippen molar-refractivity contribution in [3.63, 3.8) is 0 Å². The average Bonchev–Trinajstić information content (AvgIpc) is 2.45. The highest BCUT2D eigenvalue weighted by Crippen LogP contribution is 2.20. The predicted molar refractivity (Wildman–Crippen MR) is 95.7 cm³/mol. The van der Waals surface area contributed by atoms with Crippen LogP contribution in [0.3, 0.4) is 0 Å². The molecule has 0 heterocycles. The molecule has 150 valence electrons. The quantitative estimate of drug-likeness (QED) is 0.401. The zero-order chi connectivity index (χ0) is 20.7. The topological polar surface area (TPSA) is 91.4 Å². The van der Waals surface area contributed by atoms with E-state index in [-0.39, 0.29) is 6.61 Å². The van der Waals surface area contributed by atoms with Gasteiger partial charge in [0.2, 0.25) is 0 Å². The third-order valence-corrected chi connectivity index (χ3v) is 2.80. The highest BCUT2D eigenvalue weighted by molar-refractivity contribution is 5.94. The summed E-state index contributed by atoms with van der Waals surface area (Å²) in [4.78, 5) is 38.3. The van der Waals surface area contributed by atoms with Gasteiger partial charge in [0.25, 0.3) is 0 Å². The Morgan fingerprint density at radius 3 is 1.69 bits per heavy atom. The van der Waals surface area contributed by atoms with Gasteiger partial charge in [0.1, 0.15) is 17.3 Å². The molecule has 0 bridgehead atoms. The summed E-state index contributed by atoms with van der Waals surface area (Å²) < 4.78 is 20.7. The van der Waals surface area contributed by atoms with Gasteiger partial charge < -0.3 is 18.9 Å². The Balaban J connectivity index is 6.08. The van der Waals surface area contributed by atoms with Gasteiger partial charge >= 0.3 is 18.2 Å². The standard InChI is InChI=1S/C18H31NO7/c1-10-12(24-11-2)13(14(20)23-9)19(15(21)25-17(3,4)5)16(22)26-18(6,7)8/h10,12-13H,1,11H2,2-9H3/t12-,13+/m0/s1. The Hall–Kier alpha value is -2.09. The molecule has 0 N–H and O–H groups in total. The fourth-order valence-electron chi connectivity index (χ4n) is 1.91. The Kier molecular flexibility index (Phi) is 8.80. The van der Waals surface area contributed by atoms with Crippen LogP contribution in [-0.2, 0) is 23.7 Å². The van der Waals surface area contributed by atoms with Gasteiger partial charge in [0, 0.05) is 6.61 Å². The first-order chi connectivity index (χ1) is 11.8. The second kappa shape index (κ2) is 9.56. The maximum absolute atomic E-state index is 12.7. The van der Waals surface area contributed by atoms with Crippen LogP contribution in [0.5, 0.6) is 0 Å². The van der Waals surface area contributed by atoms with Gasteiger partial charge in [-0.1, -0.05) is 6.08 Å². The van der Waals surface area contributed by atoms with E-state index in [4.69, 9.17) is 18.9 Å². The van der Waals surface area contributed by atoms with Gasteiger partial charge in [-0.3, -0.25) is 0 Å². The molecule has 2 atom stereocenters. The first-order valence-corrected chi connectivity index (χ1v) is 8.34. The zero-order valence-corrected chi connectivity index (χ0v) is 17.0. The van der Waals surface area contributed by atoms with Crippen molar-refractivity contribution in [3.05, 3.63) is 12.7 Å². The molecule has 0 unspecified atom stereocenters.